The number of carboxylic acids is 1. The highest BCUT2D eigenvalue weighted by Gasteiger charge is 2.42. The van der Waals surface area contributed by atoms with Gasteiger partial charge in [0.25, 0.3) is 0 Å². The minimum Gasteiger partial charge on any atom is -0.476 e. The zero-order chi connectivity index (χ0) is 13.4. The first-order valence-electron chi connectivity index (χ1n) is 4.60. The summed E-state index contributed by atoms with van der Waals surface area (Å²) in [6, 6.07) is -1.03. The molecule has 1 heterocycles. The minimum atomic E-state index is -4.90. The van der Waals surface area contributed by atoms with E-state index in [9.17, 15) is 23.1 Å². The lowest BCUT2D eigenvalue weighted by Gasteiger charge is -2.18. The van der Waals surface area contributed by atoms with Crippen LogP contribution in [0.25, 0.3) is 0 Å². The zero-order valence-corrected chi connectivity index (χ0v) is 8.93. The van der Waals surface area contributed by atoms with Crippen molar-refractivity contribution in [3.05, 3.63) is 11.4 Å². The number of aromatic nitrogens is 3. The Kier molecular flexibility index (Phi) is 3.41. The molecule has 0 bridgehead atoms. The second kappa shape index (κ2) is 4.32. The molecule has 9 heteroatoms. The molecular weight excluding hydrogens is 243 g/mol. The number of carboxylic acid groups (broad SMARTS) is 1. The molecule has 1 aromatic rings. The van der Waals surface area contributed by atoms with Gasteiger partial charge in [0.1, 0.15) is 0 Å². The molecule has 2 atom stereocenters. The van der Waals surface area contributed by atoms with Crippen molar-refractivity contribution >= 4 is 5.97 Å². The average Bonchev–Trinajstić information content (AvgIpc) is 2.59. The minimum absolute atomic E-state index is 0.369. The molecule has 0 saturated heterocycles. The normalized spacial score (nSPS) is 15.6. The zero-order valence-electron chi connectivity index (χ0n) is 8.93. The lowest BCUT2D eigenvalue weighted by atomic mass is 10.2. The first-order valence-corrected chi connectivity index (χ1v) is 4.60. The van der Waals surface area contributed by atoms with Crippen LogP contribution in [0.4, 0.5) is 13.2 Å². The summed E-state index contributed by atoms with van der Waals surface area (Å²) in [5.41, 5.74) is -2.65. The van der Waals surface area contributed by atoms with Crippen molar-refractivity contribution in [3.8, 4) is 0 Å². The van der Waals surface area contributed by atoms with Crippen LogP contribution in [0.3, 0.4) is 0 Å². The van der Waals surface area contributed by atoms with Gasteiger partial charge in [0.05, 0.1) is 12.1 Å². The van der Waals surface area contributed by atoms with Crippen LogP contribution in [0.15, 0.2) is 0 Å². The largest absolute Gasteiger partial charge is 0.476 e. The highest BCUT2D eigenvalue weighted by atomic mass is 19.4. The number of halogens is 3. The van der Waals surface area contributed by atoms with E-state index < -0.39 is 35.7 Å². The van der Waals surface area contributed by atoms with Crippen LogP contribution in [0, 0.1) is 0 Å². The number of alkyl halides is 3. The van der Waals surface area contributed by atoms with Crippen molar-refractivity contribution in [1.82, 2.24) is 15.0 Å². The molecule has 0 aliphatic heterocycles. The predicted octanol–water partition coefficient (Wildman–Crippen LogP) is 0.937. The van der Waals surface area contributed by atoms with Gasteiger partial charge in [-0.25, -0.2) is 9.48 Å². The van der Waals surface area contributed by atoms with Crippen molar-refractivity contribution in [2.75, 3.05) is 0 Å². The van der Waals surface area contributed by atoms with Gasteiger partial charge in [-0.2, -0.15) is 13.2 Å². The summed E-state index contributed by atoms with van der Waals surface area (Å²) in [6.07, 6.45) is -6.03. The van der Waals surface area contributed by atoms with Crippen molar-refractivity contribution in [2.45, 2.75) is 32.2 Å². The van der Waals surface area contributed by atoms with Crippen molar-refractivity contribution in [2.24, 2.45) is 0 Å². The van der Waals surface area contributed by atoms with E-state index in [1.165, 1.54) is 13.8 Å². The summed E-state index contributed by atoms with van der Waals surface area (Å²) in [5, 5.41) is 23.9. The first kappa shape index (κ1) is 13.4. The average molecular weight is 253 g/mol. The Bertz CT molecular complexity index is 427. The van der Waals surface area contributed by atoms with Gasteiger partial charge < -0.3 is 10.2 Å². The Morgan fingerprint density at radius 1 is 1.41 bits per heavy atom. The molecule has 1 aromatic heterocycles. The number of hydrogen-bond donors (Lipinski definition) is 2. The van der Waals surface area contributed by atoms with E-state index in [1.807, 2.05) is 0 Å². The lowest BCUT2D eigenvalue weighted by molar-refractivity contribution is -0.146. The fourth-order valence-corrected chi connectivity index (χ4v) is 1.19. The number of nitrogens with zero attached hydrogens (tertiary/aromatic N) is 3. The number of aliphatic hydroxyl groups is 1. The quantitative estimate of drug-likeness (QED) is 0.836. The van der Waals surface area contributed by atoms with E-state index in [4.69, 9.17) is 5.11 Å². The summed E-state index contributed by atoms with van der Waals surface area (Å²) in [4.78, 5) is 10.6. The molecule has 0 amide bonds. The molecule has 0 aliphatic carbocycles. The van der Waals surface area contributed by atoms with Gasteiger partial charge >= 0.3 is 12.1 Å². The monoisotopic (exact) mass is 253 g/mol. The van der Waals surface area contributed by atoms with Crippen LogP contribution >= 0.6 is 0 Å². The summed E-state index contributed by atoms with van der Waals surface area (Å²) >= 11 is 0. The molecule has 0 radical (unpaired) electrons. The van der Waals surface area contributed by atoms with Gasteiger partial charge in [-0.1, -0.05) is 5.21 Å². The van der Waals surface area contributed by atoms with Crippen LogP contribution in [0.2, 0.25) is 0 Å². The Morgan fingerprint density at radius 2 is 1.94 bits per heavy atom. The Morgan fingerprint density at radius 3 is 2.29 bits per heavy atom. The maximum absolute atomic E-state index is 12.7. The van der Waals surface area contributed by atoms with E-state index in [2.05, 4.69) is 10.3 Å². The molecule has 0 fully saturated rings. The van der Waals surface area contributed by atoms with Gasteiger partial charge in [0.2, 0.25) is 5.69 Å². The summed E-state index contributed by atoms with van der Waals surface area (Å²) < 4.78 is 38.4. The van der Waals surface area contributed by atoms with E-state index >= 15 is 0 Å². The molecule has 0 aromatic carbocycles. The van der Waals surface area contributed by atoms with Crippen molar-refractivity contribution in [1.29, 1.82) is 0 Å². The van der Waals surface area contributed by atoms with E-state index in [0.29, 0.717) is 4.68 Å². The van der Waals surface area contributed by atoms with E-state index in [1.54, 1.807) is 0 Å². The van der Waals surface area contributed by atoms with Crippen LogP contribution < -0.4 is 0 Å². The van der Waals surface area contributed by atoms with Crippen LogP contribution in [-0.2, 0) is 6.18 Å². The molecular formula is C8H10F3N3O3. The maximum atomic E-state index is 12.7. The molecule has 2 N–H and O–H groups in total. The molecule has 1 rings (SSSR count). The second-order valence-corrected chi connectivity index (χ2v) is 3.52. The van der Waals surface area contributed by atoms with Gasteiger partial charge in [0, 0.05) is 0 Å². The SMILES string of the molecule is CC(O)C(C)n1nnc(C(=O)O)c1C(F)(F)F. The molecule has 6 nitrogen and oxygen atoms in total. The second-order valence-electron chi connectivity index (χ2n) is 3.52. The molecule has 0 spiro atoms. The Labute approximate surface area is 93.7 Å². The maximum Gasteiger partial charge on any atom is 0.435 e. The summed E-state index contributed by atoms with van der Waals surface area (Å²) in [5.74, 6) is -1.82. The predicted molar refractivity (Wildman–Crippen MR) is 48.4 cm³/mol. The highest BCUT2D eigenvalue weighted by molar-refractivity contribution is 5.86. The highest BCUT2D eigenvalue weighted by Crippen LogP contribution is 2.33. The Balaban J connectivity index is 3.38. The fraction of sp³-hybridized carbons (Fsp3) is 0.625. The number of carbonyl (C=O) groups is 1. The Hall–Kier alpha value is -1.64. The van der Waals surface area contributed by atoms with Gasteiger partial charge in [-0.05, 0) is 13.8 Å². The van der Waals surface area contributed by atoms with E-state index in [-0.39, 0.29) is 0 Å². The van der Waals surface area contributed by atoms with Gasteiger partial charge in [-0.3, -0.25) is 0 Å². The van der Waals surface area contributed by atoms with Crippen molar-refractivity contribution < 1.29 is 28.2 Å². The topological polar surface area (TPSA) is 88.2 Å². The van der Waals surface area contributed by atoms with Crippen LogP contribution in [0.5, 0.6) is 0 Å². The fourth-order valence-electron chi connectivity index (χ4n) is 1.19. The molecule has 0 saturated carbocycles. The molecule has 17 heavy (non-hydrogen) atoms. The van der Waals surface area contributed by atoms with Gasteiger partial charge in [-0.15, -0.1) is 5.10 Å². The van der Waals surface area contributed by atoms with E-state index in [0.717, 1.165) is 0 Å². The molecule has 0 aliphatic rings. The van der Waals surface area contributed by atoms with Gasteiger partial charge in [0.15, 0.2) is 5.69 Å². The third-order valence-corrected chi connectivity index (χ3v) is 2.25. The van der Waals surface area contributed by atoms with Crippen LogP contribution in [-0.4, -0.2) is 37.3 Å². The number of rotatable bonds is 3. The molecule has 96 valence electrons. The lowest BCUT2D eigenvalue weighted by Crippen LogP contribution is -2.26. The smallest absolute Gasteiger partial charge is 0.435 e. The van der Waals surface area contributed by atoms with Crippen LogP contribution in [0.1, 0.15) is 36.1 Å². The first-order chi connectivity index (χ1) is 7.66. The summed E-state index contributed by atoms with van der Waals surface area (Å²) in [6.45, 7) is 2.55. The van der Waals surface area contributed by atoms with Crippen molar-refractivity contribution in [3.63, 3.8) is 0 Å². The summed E-state index contributed by atoms with van der Waals surface area (Å²) in [7, 11) is 0. The molecule has 2 unspecified atom stereocenters. The number of hydrogen-bond acceptors (Lipinski definition) is 4. The standard InChI is InChI=1S/C8H10F3N3O3/c1-3(4(2)15)14-6(8(9,10)11)5(7(16)17)12-13-14/h3-4,15H,1-2H3,(H,16,17). The number of aliphatic hydroxyl groups excluding tert-OH is 1. The number of aromatic carboxylic acids is 1. The third-order valence-electron chi connectivity index (χ3n) is 2.25. The third kappa shape index (κ3) is 2.54.